The SMILES string of the molecule is CCCC(C)[n+]1c[nH]c2c(=O)n(C)c(N)nc21. The van der Waals surface area contributed by atoms with Crippen LogP contribution in [0.1, 0.15) is 32.7 Å². The van der Waals surface area contributed by atoms with Gasteiger partial charge in [0.05, 0.1) is 6.04 Å². The smallest absolute Gasteiger partial charge is 0.311 e. The third-order valence-corrected chi connectivity index (χ3v) is 3.08. The van der Waals surface area contributed by atoms with Crippen LogP contribution in [0.25, 0.3) is 11.2 Å². The molecular formula is C11H18N5O+. The molecular weight excluding hydrogens is 218 g/mol. The highest BCUT2D eigenvalue weighted by molar-refractivity contribution is 5.66. The molecule has 0 spiro atoms. The first kappa shape index (κ1) is 11.6. The molecule has 0 aliphatic carbocycles. The summed E-state index contributed by atoms with van der Waals surface area (Å²) in [6, 6.07) is 0.299. The normalized spacial score (nSPS) is 13.1. The van der Waals surface area contributed by atoms with Crippen molar-refractivity contribution in [2.24, 2.45) is 7.05 Å². The molecule has 0 saturated heterocycles. The van der Waals surface area contributed by atoms with E-state index in [1.165, 1.54) is 4.57 Å². The molecule has 0 radical (unpaired) electrons. The highest BCUT2D eigenvalue weighted by Gasteiger charge is 2.21. The lowest BCUT2D eigenvalue weighted by Gasteiger charge is -2.07. The Hall–Kier alpha value is -1.85. The molecule has 0 amide bonds. The number of nitrogens with zero attached hydrogens (tertiary/aromatic N) is 3. The molecule has 0 aliphatic rings. The number of imidazole rings is 1. The molecule has 2 rings (SSSR count). The number of hydrogen-bond donors (Lipinski definition) is 2. The molecule has 1 atom stereocenters. The number of fused-ring (bicyclic) bond motifs is 1. The summed E-state index contributed by atoms with van der Waals surface area (Å²) in [4.78, 5) is 19.2. The Morgan fingerprint density at radius 2 is 2.35 bits per heavy atom. The van der Waals surface area contributed by atoms with Gasteiger partial charge in [-0.05, 0) is 13.3 Å². The second kappa shape index (κ2) is 4.20. The number of H-pyrrole nitrogens is 1. The molecule has 6 heteroatoms. The fourth-order valence-corrected chi connectivity index (χ4v) is 2.01. The van der Waals surface area contributed by atoms with Crippen molar-refractivity contribution >= 4 is 17.1 Å². The molecule has 0 bridgehead atoms. The van der Waals surface area contributed by atoms with Crippen LogP contribution in [0, 0.1) is 0 Å². The van der Waals surface area contributed by atoms with Gasteiger partial charge < -0.3 is 5.73 Å². The van der Waals surface area contributed by atoms with E-state index < -0.39 is 0 Å². The van der Waals surface area contributed by atoms with Gasteiger partial charge >= 0.3 is 5.65 Å². The topological polar surface area (TPSA) is 80.6 Å². The third-order valence-electron chi connectivity index (χ3n) is 3.08. The van der Waals surface area contributed by atoms with Crippen LogP contribution in [-0.4, -0.2) is 14.5 Å². The van der Waals surface area contributed by atoms with Crippen molar-refractivity contribution in [3.63, 3.8) is 0 Å². The van der Waals surface area contributed by atoms with E-state index in [9.17, 15) is 4.79 Å². The van der Waals surface area contributed by atoms with Crippen LogP contribution >= 0.6 is 0 Å². The molecule has 0 aliphatic heterocycles. The van der Waals surface area contributed by atoms with Crippen molar-refractivity contribution in [2.75, 3.05) is 5.73 Å². The predicted molar refractivity (Wildman–Crippen MR) is 65.6 cm³/mol. The average molecular weight is 236 g/mol. The summed E-state index contributed by atoms with van der Waals surface area (Å²) >= 11 is 0. The van der Waals surface area contributed by atoms with Gasteiger partial charge in [-0.25, -0.2) is 4.57 Å². The van der Waals surface area contributed by atoms with Crippen LogP contribution in [0.15, 0.2) is 11.1 Å². The van der Waals surface area contributed by atoms with Crippen LogP contribution in [0.5, 0.6) is 0 Å². The number of nitrogen functional groups attached to an aromatic ring is 1. The monoisotopic (exact) mass is 236 g/mol. The maximum Gasteiger partial charge on any atom is 0.311 e. The highest BCUT2D eigenvalue weighted by atomic mass is 16.1. The predicted octanol–water partition coefficient (Wildman–Crippen LogP) is 0.492. The molecule has 3 N–H and O–H groups in total. The van der Waals surface area contributed by atoms with Crippen LogP contribution in [-0.2, 0) is 7.05 Å². The van der Waals surface area contributed by atoms with E-state index in [1.54, 1.807) is 13.4 Å². The Labute approximate surface area is 99.1 Å². The van der Waals surface area contributed by atoms with E-state index in [4.69, 9.17) is 5.73 Å². The number of rotatable bonds is 3. The number of hydrogen-bond acceptors (Lipinski definition) is 3. The summed E-state index contributed by atoms with van der Waals surface area (Å²) in [7, 11) is 1.62. The molecule has 92 valence electrons. The number of anilines is 1. The molecule has 1 unspecified atom stereocenters. The van der Waals surface area contributed by atoms with E-state index in [1.807, 2.05) is 4.57 Å². The zero-order chi connectivity index (χ0) is 12.6. The Balaban J connectivity index is 2.65. The fourth-order valence-electron chi connectivity index (χ4n) is 2.01. The van der Waals surface area contributed by atoms with Gasteiger partial charge in [-0.15, -0.1) is 0 Å². The van der Waals surface area contributed by atoms with E-state index in [0.717, 1.165) is 12.8 Å². The van der Waals surface area contributed by atoms with Gasteiger partial charge in [0.25, 0.3) is 11.5 Å². The van der Waals surface area contributed by atoms with Crippen molar-refractivity contribution in [3.8, 4) is 0 Å². The van der Waals surface area contributed by atoms with Crippen molar-refractivity contribution in [2.45, 2.75) is 32.7 Å². The average Bonchev–Trinajstić information content (AvgIpc) is 2.70. The molecule has 0 aromatic carbocycles. The number of aromatic nitrogens is 4. The summed E-state index contributed by atoms with van der Waals surface area (Å²) in [5.41, 5.74) is 6.71. The third kappa shape index (κ3) is 1.79. The molecule has 2 aromatic heterocycles. The largest absolute Gasteiger partial charge is 0.355 e. The van der Waals surface area contributed by atoms with Crippen LogP contribution < -0.4 is 15.9 Å². The van der Waals surface area contributed by atoms with Gasteiger partial charge in [-0.3, -0.25) is 14.3 Å². The second-order valence-corrected chi connectivity index (χ2v) is 4.35. The van der Waals surface area contributed by atoms with Gasteiger partial charge in [0, 0.05) is 7.05 Å². The quantitative estimate of drug-likeness (QED) is 0.761. The Morgan fingerprint density at radius 3 is 3.00 bits per heavy atom. The molecule has 2 heterocycles. The van der Waals surface area contributed by atoms with Gasteiger partial charge in [0.2, 0.25) is 5.52 Å². The summed E-state index contributed by atoms with van der Waals surface area (Å²) in [5, 5.41) is 0. The first-order valence-corrected chi connectivity index (χ1v) is 5.81. The molecule has 0 saturated carbocycles. The maximum atomic E-state index is 11.9. The Bertz CT molecular complexity index is 598. The van der Waals surface area contributed by atoms with Crippen molar-refractivity contribution < 1.29 is 4.57 Å². The van der Waals surface area contributed by atoms with Crippen LogP contribution in [0.2, 0.25) is 0 Å². The van der Waals surface area contributed by atoms with Crippen molar-refractivity contribution in [3.05, 3.63) is 16.7 Å². The van der Waals surface area contributed by atoms with E-state index >= 15 is 0 Å². The van der Waals surface area contributed by atoms with E-state index in [2.05, 4.69) is 23.8 Å². The zero-order valence-corrected chi connectivity index (χ0v) is 10.4. The minimum atomic E-state index is -0.144. The number of nitrogens with two attached hydrogens (primary N) is 1. The lowest BCUT2D eigenvalue weighted by Crippen LogP contribution is -2.38. The lowest BCUT2D eigenvalue weighted by atomic mass is 10.2. The van der Waals surface area contributed by atoms with Gasteiger partial charge in [-0.2, -0.15) is 0 Å². The molecule has 2 aromatic rings. The van der Waals surface area contributed by atoms with Gasteiger partial charge in [-0.1, -0.05) is 18.3 Å². The van der Waals surface area contributed by atoms with Gasteiger partial charge in [0.1, 0.15) is 0 Å². The summed E-state index contributed by atoms with van der Waals surface area (Å²) in [5.74, 6) is 0.236. The van der Waals surface area contributed by atoms with Crippen molar-refractivity contribution in [1.82, 2.24) is 14.5 Å². The van der Waals surface area contributed by atoms with E-state index in [-0.39, 0.29) is 11.5 Å². The lowest BCUT2D eigenvalue weighted by molar-refractivity contribution is -0.697. The minimum absolute atomic E-state index is 0.144. The van der Waals surface area contributed by atoms with Crippen LogP contribution in [0.4, 0.5) is 5.95 Å². The second-order valence-electron chi connectivity index (χ2n) is 4.35. The maximum absolute atomic E-state index is 11.9. The first-order valence-electron chi connectivity index (χ1n) is 5.81. The standard InChI is InChI=1S/C11H17N5O/c1-4-5-7(2)16-6-13-8-9(16)14-11(12)15(3)10(8)17/h6-7H,4-5H2,1-3H3,(H2,12,14,17)/p+1. The van der Waals surface area contributed by atoms with Crippen molar-refractivity contribution in [1.29, 1.82) is 0 Å². The molecule has 6 nitrogen and oxygen atoms in total. The van der Waals surface area contributed by atoms with Gasteiger partial charge in [0.15, 0.2) is 6.33 Å². The summed E-state index contributed by atoms with van der Waals surface area (Å²) in [6.45, 7) is 4.23. The first-order chi connectivity index (χ1) is 8.06. The van der Waals surface area contributed by atoms with Crippen LogP contribution in [0.3, 0.4) is 0 Å². The number of nitrogens with one attached hydrogen (secondary N) is 1. The minimum Gasteiger partial charge on any atom is -0.355 e. The number of aromatic amines is 1. The highest BCUT2D eigenvalue weighted by Crippen LogP contribution is 2.09. The van der Waals surface area contributed by atoms with E-state index in [0.29, 0.717) is 17.2 Å². The summed E-state index contributed by atoms with van der Waals surface area (Å²) in [6.07, 6.45) is 3.91. The Kier molecular flexibility index (Phi) is 2.87. The molecule has 0 fully saturated rings. The fraction of sp³-hybridized carbons (Fsp3) is 0.545. The Morgan fingerprint density at radius 1 is 1.65 bits per heavy atom. The zero-order valence-electron chi connectivity index (χ0n) is 10.4. The summed E-state index contributed by atoms with van der Waals surface area (Å²) < 4.78 is 3.31. The molecule has 17 heavy (non-hydrogen) atoms.